The number of benzene rings is 1. The van der Waals surface area contributed by atoms with E-state index in [0.29, 0.717) is 17.9 Å². The van der Waals surface area contributed by atoms with Gasteiger partial charge in [-0.15, -0.1) is 0 Å². The average molecular weight is 476 g/mol. The van der Waals surface area contributed by atoms with Gasteiger partial charge in [-0.3, -0.25) is 4.79 Å². The number of amides is 1. The minimum Gasteiger partial charge on any atom is -0.328 e. The lowest BCUT2D eigenvalue weighted by molar-refractivity contribution is -0.105. The summed E-state index contributed by atoms with van der Waals surface area (Å²) in [6.45, 7) is 2.88. The molecule has 2 aliphatic carbocycles. The molecule has 180 valence electrons. The van der Waals surface area contributed by atoms with Gasteiger partial charge in [-0.25, -0.2) is 9.97 Å². The molecule has 0 radical (unpaired) electrons. The number of aryl methyl sites for hydroxylation is 1. The first-order valence-electron chi connectivity index (χ1n) is 12.1. The summed E-state index contributed by atoms with van der Waals surface area (Å²) >= 11 is 0. The van der Waals surface area contributed by atoms with E-state index in [9.17, 15) is 4.79 Å². The summed E-state index contributed by atoms with van der Waals surface area (Å²) in [6, 6.07) is 14.2. The Morgan fingerprint density at radius 3 is 2.72 bits per heavy atom. The number of imidazole rings is 1. The predicted molar refractivity (Wildman–Crippen MR) is 146 cm³/mol. The Morgan fingerprint density at radius 1 is 1.03 bits per heavy atom. The van der Waals surface area contributed by atoms with E-state index in [1.54, 1.807) is 6.20 Å². The number of nitrogens with one attached hydrogen (secondary N) is 1. The molecule has 6 heteroatoms. The number of likely N-dealkylation sites (N-methyl/N-ethyl adjacent to an activating group) is 1. The van der Waals surface area contributed by atoms with Crippen LogP contribution in [-0.2, 0) is 11.3 Å². The fourth-order valence-corrected chi connectivity index (χ4v) is 4.66. The normalized spacial score (nSPS) is 14.7. The maximum absolute atomic E-state index is 11.0. The Labute approximate surface area is 211 Å². The van der Waals surface area contributed by atoms with Gasteiger partial charge in [0.2, 0.25) is 6.41 Å². The Morgan fingerprint density at radius 2 is 1.89 bits per heavy atom. The van der Waals surface area contributed by atoms with E-state index in [0.717, 1.165) is 47.4 Å². The van der Waals surface area contributed by atoms with Crippen molar-refractivity contribution in [1.29, 1.82) is 0 Å². The highest BCUT2D eigenvalue weighted by atomic mass is 16.1. The monoisotopic (exact) mass is 475 g/mol. The molecule has 1 aromatic carbocycles. The molecule has 1 amide bonds. The van der Waals surface area contributed by atoms with Gasteiger partial charge >= 0.3 is 0 Å². The maximum atomic E-state index is 11.0. The van der Waals surface area contributed by atoms with Crippen LogP contribution in [0.4, 0.5) is 11.5 Å². The first-order chi connectivity index (χ1) is 17.7. The lowest BCUT2D eigenvalue weighted by Crippen LogP contribution is -2.32. The van der Waals surface area contributed by atoms with Crippen molar-refractivity contribution in [3.05, 3.63) is 118 Å². The molecule has 3 aromatic rings. The molecule has 0 aliphatic heterocycles. The van der Waals surface area contributed by atoms with Crippen molar-refractivity contribution in [3.63, 3.8) is 0 Å². The summed E-state index contributed by atoms with van der Waals surface area (Å²) in [5.41, 5.74) is 5.20. The number of hydrogen-bond donors (Lipinski definition) is 1. The fourth-order valence-electron chi connectivity index (χ4n) is 4.66. The van der Waals surface area contributed by atoms with Crippen LogP contribution in [0.15, 0.2) is 96.4 Å². The van der Waals surface area contributed by atoms with Gasteiger partial charge in [-0.2, -0.15) is 0 Å². The van der Waals surface area contributed by atoms with Crippen molar-refractivity contribution in [3.8, 4) is 0 Å². The Hall–Kier alpha value is -4.45. The van der Waals surface area contributed by atoms with Crippen LogP contribution in [0.2, 0.25) is 0 Å². The highest BCUT2D eigenvalue weighted by molar-refractivity contribution is 5.81. The van der Waals surface area contributed by atoms with Crippen molar-refractivity contribution >= 4 is 29.6 Å². The molecule has 1 N–H and O–H groups in total. The minimum atomic E-state index is 0.669. The molecule has 6 nitrogen and oxygen atoms in total. The number of carbonyl (C=O) groups is 1. The summed E-state index contributed by atoms with van der Waals surface area (Å²) in [5.74, 6) is 1.70. The van der Waals surface area contributed by atoms with Crippen molar-refractivity contribution in [2.75, 3.05) is 17.3 Å². The lowest BCUT2D eigenvalue weighted by atomic mass is 10.0. The zero-order chi connectivity index (χ0) is 24.9. The van der Waals surface area contributed by atoms with E-state index in [4.69, 9.17) is 4.98 Å². The number of nitrogens with zero attached hydrogens (tertiary/aromatic N) is 4. The van der Waals surface area contributed by atoms with Crippen molar-refractivity contribution in [2.24, 2.45) is 0 Å². The molecule has 2 aromatic heterocycles. The van der Waals surface area contributed by atoms with Gasteiger partial charge < -0.3 is 14.8 Å². The first-order valence-corrected chi connectivity index (χ1v) is 12.1. The largest absolute Gasteiger partial charge is 0.328 e. The van der Waals surface area contributed by atoms with Crippen LogP contribution in [0.1, 0.15) is 24.2 Å². The number of hydrogen-bond acceptors (Lipinski definition) is 4. The zero-order valence-corrected chi connectivity index (χ0v) is 20.6. The summed E-state index contributed by atoms with van der Waals surface area (Å²) in [6.07, 6.45) is 19.3. The van der Waals surface area contributed by atoms with Crippen LogP contribution in [-0.4, -0.2) is 28.0 Å². The number of carbonyl (C=O) groups excluding carboxylic acids is 1. The number of allylic oxidation sites excluding steroid dienone is 7. The van der Waals surface area contributed by atoms with E-state index in [-0.39, 0.29) is 0 Å². The van der Waals surface area contributed by atoms with Crippen LogP contribution in [0.25, 0.3) is 11.6 Å². The molecule has 2 aliphatic rings. The molecule has 0 saturated carbocycles. The van der Waals surface area contributed by atoms with Gasteiger partial charge in [-0.1, -0.05) is 66.8 Å². The molecule has 0 atom stereocenters. The third kappa shape index (κ3) is 4.70. The van der Waals surface area contributed by atoms with E-state index in [2.05, 4.69) is 88.6 Å². The zero-order valence-electron chi connectivity index (χ0n) is 20.6. The lowest BCUT2D eigenvalue weighted by Gasteiger charge is -2.21. The molecule has 2 heterocycles. The second kappa shape index (κ2) is 10.4. The van der Waals surface area contributed by atoms with Crippen LogP contribution in [0.3, 0.4) is 0 Å². The van der Waals surface area contributed by atoms with Crippen molar-refractivity contribution in [1.82, 2.24) is 14.5 Å². The summed E-state index contributed by atoms with van der Waals surface area (Å²) in [5, 5.41) is 4.92. The SMILES string of the molecule is Cc1nc2c(n1Cc1ccccc1)=CCC=CC=2C1=CCC=C(N(C)c2ncccc2NC=O)C=C1. The highest BCUT2D eigenvalue weighted by Crippen LogP contribution is 2.27. The van der Waals surface area contributed by atoms with Crippen molar-refractivity contribution < 1.29 is 4.79 Å². The van der Waals surface area contributed by atoms with Gasteiger partial charge in [0.15, 0.2) is 5.82 Å². The summed E-state index contributed by atoms with van der Waals surface area (Å²) < 4.78 is 2.30. The Balaban J connectivity index is 1.49. The van der Waals surface area contributed by atoms with E-state index >= 15 is 0 Å². The molecule has 0 bridgehead atoms. The molecule has 0 fully saturated rings. The smallest absolute Gasteiger partial charge is 0.211 e. The molecular weight excluding hydrogens is 446 g/mol. The Bertz CT molecular complexity index is 1520. The number of rotatable bonds is 7. The number of aromatic nitrogens is 3. The third-order valence-electron chi connectivity index (χ3n) is 6.48. The first kappa shape index (κ1) is 23.3. The number of anilines is 2. The molecule has 36 heavy (non-hydrogen) atoms. The second-order valence-corrected chi connectivity index (χ2v) is 8.77. The van der Waals surface area contributed by atoms with Gasteiger partial charge in [0.25, 0.3) is 0 Å². The molecule has 0 saturated heterocycles. The van der Waals surface area contributed by atoms with E-state index in [1.165, 1.54) is 10.9 Å². The summed E-state index contributed by atoms with van der Waals surface area (Å²) in [7, 11) is 1.96. The molecule has 0 spiro atoms. The number of fused-ring (bicyclic) bond motifs is 1. The molecular formula is C30H29N5O. The topological polar surface area (TPSA) is 63.1 Å². The fraction of sp³-hybridized carbons (Fsp3) is 0.167. The Kier molecular flexibility index (Phi) is 6.76. The van der Waals surface area contributed by atoms with E-state index in [1.807, 2.05) is 30.1 Å². The second-order valence-electron chi connectivity index (χ2n) is 8.77. The van der Waals surface area contributed by atoms with Crippen LogP contribution in [0, 0.1) is 6.92 Å². The van der Waals surface area contributed by atoms with Gasteiger partial charge in [0.05, 0.1) is 16.4 Å². The standard InChI is InChI=1S/C30H29N5O/c1-22-33-29-26(14-6-7-16-28(29)35(22)20-23-10-4-3-5-11-23)24-12-8-13-25(18-17-24)34(2)30-27(32-21-36)15-9-19-31-30/h3-6,9-19,21H,7-8,20H2,1-2H3,(H,32,36). The minimum absolute atomic E-state index is 0.669. The average Bonchev–Trinajstić information content (AvgIpc) is 3.09. The number of pyridine rings is 1. The molecule has 0 unspecified atom stereocenters. The molecule has 5 rings (SSSR count). The highest BCUT2D eigenvalue weighted by Gasteiger charge is 2.15. The van der Waals surface area contributed by atoms with Gasteiger partial charge in [0, 0.05) is 31.1 Å². The van der Waals surface area contributed by atoms with Gasteiger partial charge in [-0.05, 0) is 49.1 Å². The van der Waals surface area contributed by atoms with Crippen LogP contribution < -0.4 is 20.9 Å². The van der Waals surface area contributed by atoms with Crippen LogP contribution in [0.5, 0.6) is 0 Å². The quantitative estimate of drug-likeness (QED) is 0.525. The van der Waals surface area contributed by atoms with Gasteiger partial charge in [0.1, 0.15) is 5.82 Å². The van der Waals surface area contributed by atoms with Crippen molar-refractivity contribution in [2.45, 2.75) is 26.3 Å². The predicted octanol–water partition coefficient (Wildman–Crippen LogP) is 4.00. The van der Waals surface area contributed by atoms with Crippen LogP contribution >= 0.6 is 0 Å². The van der Waals surface area contributed by atoms with E-state index < -0.39 is 0 Å². The summed E-state index contributed by atoms with van der Waals surface area (Å²) in [4.78, 5) is 22.5. The maximum Gasteiger partial charge on any atom is 0.211 e. The third-order valence-corrected chi connectivity index (χ3v) is 6.48.